The fraction of sp³-hybridized carbons (Fsp3) is 0.302. The summed E-state index contributed by atoms with van der Waals surface area (Å²) < 4.78 is 82.8. The highest BCUT2D eigenvalue weighted by Gasteiger charge is 2.57. The molecule has 0 bridgehead atoms. The molecule has 0 saturated heterocycles. The highest BCUT2D eigenvalue weighted by molar-refractivity contribution is 7.92. The zero-order valence-corrected chi connectivity index (χ0v) is 32.7. The molecule has 5 aromatic rings. The summed E-state index contributed by atoms with van der Waals surface area (Å²) in [7, 11) is -5.13. The van der Waals surface area contributed by atoms with E-state index in [2.05, 4.69) is 39.8 Å². The molecule has 1 spiro atoms. The van der Waals surface area contributed by atoms with Gasteiger partial charge in [0.05, 0.1) is 24.0 Å². The van der Waals surface area contributed by atoms with Crippen molar-refractivity contribution in [1.29, 1.82) is 0 Å². The maximum Gasteiger partial charge on any atom is 0.210 e. The Bertz CT molecular complexity index is 2580. The maximum absolute atomic E-state index is 14.5. The van der Waals surface area contributed by atoms with Gasteiger partial charge < -0.3 is 18.9 Å². The smallest absolute Gasteiger partial charge is 0.210 e. The number of hydrogen-bond acceptors (Lipinski definition) is 8. The van der Waals surface area contributed by atoms with Gasteiger partial charge in [-0.1, -0.05) is 64.1 Å². The summed E-state index contributed by atoms with van der Waals surface area (Å²) in [5, 5.41) is 0. The summed E-state index contributed by atoms with van der Waals surface area (Å²) in [5.41, 5.74) is 4.01. The second kappa shape index (κ2) is 11.6. The van der Waals surface area contributed by atoms with Crippen LogP contribution in [0.1, 0.15) is 73.9 Å². The lowest BCUT2D eigenvalue weighted by molar-refractivity contribution is 0.340. The van der Waals surface area contributed by atoms with Gasteiger partial charge in [0.1, 0.15) is 9.79 Å². The van der Waals surface area contributed by atoms with E-state index in [9.17, 15) is 16.8 Å². The molecule has 5 aromatic carbocycles. The lowest BCUT2D eigenvalue weighted by atomic mass is 9.72. The van der Waals surface area contributed by atoms with Crippen LogP contribution in [0.3, 0.4) is 0 Å². The minimum absolute atomic E-state index is 0.0570. The first-order valence-electron chi connectivity index (χ1n) is 17.6. The van der Waals surface area contributed by atoms with E-state index in [1.54, 1.807) is 64.5 Å². The van der Waals surface area contributed by atoms with Crippen LogP contribution in [0.4, 0.5) is 0 Å². The Labute approximate surface area is 311 Å². The summed E-state index contributed by atoms with van der Waals surface area (Å²) in [6, 6.07) is 24.3. The standard InChI is InChI=1S/C43H42O8S2/c1-25-26(2)40(53(46,47)28-17-13-10-14-18-28)38-37(39(25)52(44,45)27-15-11-9-12-16-27)50-35-20-30-32(22-36(35)51-38)43(24-42(30,5)6)23-41(3,4)29-19-33(48-7)34(49-8)21-31(29)43/h9-22H,23-24H2,1-8H3. The zero-order valence-electron chi connectivity index (χ0n) is 31.1. The van der Waals surface area contributed by atoms with Crippen LogP contribution < -0.4 is 18.9 Å². The maximum atomic E-state index is 14.5. The molecular formula is C43H42O8S2. The zero-order chi connectivity index (χ0) is 37.9. The molecule has 0 aromatic heterocycles. The molecular weight excluding hydrogens is 709 g/mol. The van der Waals surface area contributed by atoms with E-state index in [0.29, 0.717) is 23.0 Å². The number of benzene rings is 5. The summed E-state index contributed by atoms with van der Waals surface area (Å²) in [5.74, 6) is 1.66. The predicted molar refractivity (Wildman–Crippen MR) is 202 cm³/mol. The molecule has 53 heavy (non-hydrogen) atoms. The summed E-state index contributed by atoms with van der Waals surface area (Å²) in [6.07, 6.45) is 1.60. The fourth-order valence-corrected chi connectivity index (χ4v) is 12.5. The van der Waals surface area contributed by atoms with E-state index in [1.807, 2.05) is 12.1 Å². The van der Waals surface area contributed by atoms with Crippen LogP contribution >= 0.6 is 0 Å². The molecule has 8 nitrogen and oxygen atoms in total. The molecule has 0 fully saturated rings. The summed E-state index contributed by atoms with van der Waals surface area (Å²) >= 11 is 0. The molecule has 1 atom stereocenters. The van der Waals surface area contributed by atoms with Crippen molar-refractivity contribution in [2.75, 3.05) is 14.2 Å². The Morgan fingerprint density at radius 2 is 0.906 bits per heavy atom. The number of hydrogen-bond donors (Lipinski definition) is 0. The third-order valence-electron chi connectivity index (χ3n) is 11.5. The van der Waals surface area contributed by atoms with Crippen LogP contribution in [-0.2, 0) is 35.9 Å². The van der Waals surface area contributed by atoms with Crippen LogP contribution in [0, 0.1) is 13.8 Å². The topological polar surface area (TPSA) is 105 Å². The third-order valence-corrected chi connectivity index (χ3v) is 15.4. The van der Waals surface area contributed by atoms with Crippen molar-refractivity contribution in [3.63, 3.8) is 0 Å². The minimum atomic E-state index is -4.21. The molecule has 274 valence electrons. The molecule has 3 aliphatic rings. The number of methoxy groups -OCH3 is 2. The van der Waals surface area contributed by atoms with Crippen LogP contribution in [-0.4, -0.2) is 31.1 Å². The number of rotatable bonds is 6. The Hall–Kier alpha value is -4.80. The Morgan fingerprint density at radius 3 is 1.32 bits per heavy atom. The summed E-state index contributed by atoms with van der Waals surface area (Å²) in [4.78, 5) is -0.142. The SMILES string of the molecule is COc1cc2c(cc1OC)C1(CC2(C)C)CC(C)(C)c2cc3c(cc21)Oc1c(c(S(=O)(=O)c2ccccc2)c(C)c(C)c1S(=O)(=O)c1ccccc1)O3. The molecule has 1 unspecified atom stereocenters. The average molecular weight is 751 g/mol. The molecule has 0 saturated carbocycles. The number of sulfone groups is 2. The minimum Gasteiger partial charge on any atom is -0.493 e. The van der Waals surface area contributed by atoms with E-state index < -0.39 is 25.1 Å². The highest BCUT2D eigenvalue weighted by Crippen LogP contribution is 2.66. The lowest BCUT2D eigenvalue weighted by Gasteiger charge is -2.31. The van der Waals surface area contributed by atoms with Crippen LogP contribution in [0.15, 0.2) is 105 Å². The van der Waals surface area contributed by atoms with Gasteiger partial charge in [0.25, 0.3) is 0 Å². The second-order valence-corrected chi connectivity index (χ2v) is 19.5. The fourth-order valence-electron chi connectivity index (χ4n) is 9.17. The second-order valence-electron chi connectivity index (χ2n) is 15.7. The van der Waals surface area contributed by atoms with Gasteiger partial charge in [0.2, 0.25) is 19.7 Å². The third kappa shape index (κ3) is 4.98. The van der Waals surface area contributed by atoms with Gasteiger partial charge in [-0.15, -0.1) is 0 Å². The van der Waals surface area contributed by atoms with Crippen molar-refractivity contribution in [3.8, 4) is 34.5 Å². The molecule has 0 N–H and O–H groups in total. The van der Waals surface area contributed by atoms with E-state index in [4.69, 9.17) is 18.9 Å². The van der Waals surface area contributed by atoms with Crippen molar-refractivity contribution in [2.45, 2.75) is 90.2 Å². The van der Waals surface area contributed by atoms with Gasteiger partial charge in [-0.3, -0.25) is 0 Å². The van der Waals surface area contributed by atoms with E-state index in [1.165, 1.54) is 29.8 Å². The predicted octanol–water partition coefficient (Wildman–Crippen LogP) is 9.53. The summed E-state index contributed by atoms with van der Waals surface area (Å²) in [6.45, 7) is 12.1. The number of fused-ring (bicyclic) bond motifs is 6. The molecule has 1 aliphatic heterocycles. The van der Waals surface area contributed by atoms with Crippen molar-refractivity contribution in [1.82, 2.24) is 0 Å². The lowest BCUT2D eigenvalue weighted by Crippen LogP contribution is -2.27. The monoisotopic (exact) mass is 750 g/mol. The van der Waals surface area contributed by atoms with E-state index in [-0.39, 0.29) is 53.0 Å². The number of ether oxygens (including phenoxy) is 4. The molecule has 0 amide bonds. The molecule has 1 heterocycles. The Morgan fingerprint density at radius 1 is 0.547 bits per heavy atom. The van der Waals surface area contributed by atoms with Crippen LogP contribution in [0.2, 0.25) is 0 Å². The van der Waals surface area contributed by atoms with E-state index in [0.717, 1.165) is 29.5 Å². The van der Waals surface area contributed by atoms with Gasteiger partial charge in [-0.2, -0.15) is 0 Å². The molecule has 8 rings (SSSR count). The Balaban J connectivity index is 1.39. The van der Waals surface area contributed by atoms with Gasteiger partial charge in [-0.05, 0) is 119 Å². The molecule has 0 radical (unpaired) electrons. The first kappa shape index (κ1) is 35.2. The molecule has 10 heteroatoms. The average Bonchev–Trinajstić information content (AvgIpc) is 3.48. The van der Waals surface area contributed by atoms with Crippen molar-refractivity contribution in [3.05, 3.63) is 118 Å². The first-order chi connectivity index (χ1) is 25.0. The van der Waals surface area contributed by atoms with Crippen molar-refractivity contribution < 1.29 is 35.8 Å². The quantitative estimate of drug-likeness (QED) is 0.166. The van der Waals surface area contributed by atoms with Crippen LogP contribution in [0.25, 0.3) is 0 Å². The highest BCUT2D eigenvalue weighted by atomic mass is 32.2. The van der Waals surface area contributed by atoms with Gasteiger partial charge in [0, 0.05) is 5.41 Å². The van der Waals surface area contributed by atoms with Gasteiger partial charge >= 0.3 is 0 Å². The van der Waals surface area contributed by atoms with Crippen LogP contribution in [0.5, 0.6) is 34.5 Å². The van der Waals surface area contributed by atoms with Gasteiger partial charge in [0.15, 0.2) is 34.5 Å². The van der Waals surface area contributed by atoms with Crippen molar-refractivity contribution >= 4 is 19.7 Å². The van der Waals surface area contributed by atoms with Gasteiger partial charge in [-0.25, -0.2) is 16.8 Å². The Kier molecular flexibility index (Phi) is 7.71. The molecule has 2 aliphatic carbocycles. The van der Waals surface area contributed by atoms with Crippen molar-refractivity contribution in [2.24, 2.45) is 0 Å². The first-order valence-corrected chi connectivity index (χ1v) is 20.5. The largest absolute Gasteiger partial charge is 0.493 e. The van der Waals surface area contributed by atoms with E-state index >= 15 is 0 Å². The normalized spacial score (nSPS) is 19.0.